The molecule has 0 amide bonds. The zero-order chi connectivity index (χ0) is 2.00. The predicted octanol–water partition coefficient (Wildman–Crippen LogP) is -0.126. The molecule has 0 N–H and O–H groups in total. The van der Waals surface area contributed by atoms with Gasteiger partial charge < -0.3 is 0 Å². The van der Waals surface area contributed by atoms with Gasteiger partial charge >= 0.3 is 21.0 Å². The second-order valence-corrected chi connectivity index (χ2v) is 0. The van der Waals surface area contributed by atoms with Crippen molar-refractivity contribution in [2.24, 2.45) is 0 Å². The summed E-state index contributed by atoms with van der Waals surface area (Å²) in [6.07, 6.45) is 0. The fraction of sp³-hybridized carbons (Fsp3) is 0. The summed E-state index contributed by atoms with van der Waals surface area (Å²) in [7, 11) is 0. The van der Waals surface area contributed by atoms with Crippen LogP contribution in [0.3, 0.4) is 0 Å². The average molecular weight is 359 g/mol. The molecule has 0 unspecified atom stereocenters. The summed E-state index contributed by atoms with van der Waals surface area (Å²) in [5.41, 5.74) is 0. The Morgan fingerprint density at radius 1 is 1.20 bits per heavy atom. The SMILES string of the molecule is [Ce].[Fe].[Mo].[O]=[V]. The van der Waals surface area contributed by atoms with Crippen LogP contribution in [0.5, 0.6) is 0 Å². The minimum atomic E-state index is 0. The van der Waals surface area contributed by atoms with E-state index in [1.54, 1.807) is 0 Å². The van der Waals surface area contributed by atoms with Crippen molar-refractivity contribution in [2.75, 3.05) is 0 Å². The normalized spacial score (nSPS) is 0.600. The Morgan fingerprint density at radius 2 is 1.20 bits per heavy atom. The predicted molar refractivity (Wildman–Crippen MR) is 0.686 cm³/mol. The van der Waals surface area contributed by atoms with E-state index in [9.17, 15) is 0 Å². The van der Waals surface area contributed by atoms with E-state index in [2.05, 4.69) is 0 Å². The Kier molecular flexibility index (Phi) is 138. The van der Waals surface area contributed by atoms with Crippen LogP contribution in [-0.2, 0) is 59.2 Å². The molecular weight excluding hydrogens is 359 g/mol. The molecule has 0 atom stereocenters. The van der Waals surface area contributed by atoms with Crippen molar-refractivity contribution in [1.29, 1.82) is 0 Å². The molecule has 0 aromatic heterocycles. The molecule has 0 aliphatic carbocycles. The van der Waals surface area contributed by atoms with Gasteiger partial charge in [0.05, 0.1) is 0 Å². The molecule has 1 nitrogen and oxygen atoms in total. The van der Waals surface area contributed by atoms with Crippen LogP contribution in [-0.4, -0.2) is 0 Å². The van der Waals surface area contributed by atoms with Crippen molar-refractivity contribution < 1.29 is 101 Å². The van der Waals surface area contributed by atoms with Gasteiger partial charge in [0.1, 0.15) is 0 Å². The zero-order valence-corrected chi connectivity index (χ0v) is 9.77. The van der Waals surface area contributed by atoms with Gasteiger partial charge in [0.2, 0.25) is 0 Å². The molecule has 0 aliphatic rings. The van der Waals surface area contributed by atoms with Crippen LogP contribution in [0.4, 0.5) is 0 Å². The summed E-state index contributed by atoms with van der Waals surface area (Å²) >= 11 is 1.06. The van der Waals surface area contributed by atoms with E-state index < -0.39 is 0 Å². The van der Waals surface area contributed by atoms with Gasteiger partial charge in [0.15, 0.2) is 0 Å². The summed E-state index contributed by atoms with van der Waals surface area (Å²) in [6, 6.07) is 0. The number of rotatable bonds is 0. The number of hydrogen-bond acceptors (Lipinski definition) is 1. The summed E-state index contributed by atoms with van der Waals surface area (Å²) in [6.45, 7) is 0. The molecule has 0 saturated heterocycles. The summed E-state index contributed by atoms with van der Waals surface area (Å²) < 4.78 is 8.19. The van der Waals surface area contributed by atoms with Gasteiger partial charge in [0.25, 0.3) is 0 Å². The second-order valence-electron chi connectivity index (χ2n) is 0. The van der Waals surface area contributed by atoms with Gasteiger partial charge in [-0.1, -0.05) is 0 Å². The van der Waals surface area contributed by atoms with Gasteiger partial charge in [-0.3, -0.25) is 0 Å². The van der Waals surface area contributed by atoms with E-state index in [0.29, 0.717) is 0 Å². The summed E-state index contributed by atoms with van der Waals surface area (Å²) in [4.78, 5) is 0. The molecule has 0 aromatic rings. The van der Waals surface area contributed by atoms with Crippen LogP contribution >= 0.6 is 0 Å². The Balaban J connectivity index is -0.00000000167. The van der Waals surface area contributed by atoms with Crippen LogP contribution in [0, 0.1) is 41.7 Å². The Hall–Kier alpha value is 2.97. The van der Waals surface area contributed by atoms with Crippen LogP contribution in [0.25, 0.3) is 0 Å². The number of hydrogen-bond donors (Lipinski definition) is 0. The van der Waals surface area contributed by atoms with E-state index in [1.165, 1.54) is 0 Å². The van der Waals surface area contributed by atoms with Crippen molar-refractivity contribution in [3.05, 3.63) is 0 Å². The van der Waals surface area contributed by atoms with Gasteiger partial charge in [-0.05, 0) is 0 Å². The molecule has 0 bridgehead atoms. The van der Waals surface area contributed by atoms with Gasteiger partial charge in [-0.15, -0.1) is 0 Å². The summed E-state index contributed by atoms with van der Waals surface area (Å²) in [5.74, 6) is 0. The van der Waals surface area contributed by atoms with Crippen LogP contribution < -0.4 is 0 Å². The zero-order valence-electron chi connectivity index (χ0n) is 2.12. The first-order chi connectivity index (χ1) is 1.00. The second kappa shape index (κ2) is 28.2. The van der Waals surface area contributed by atoms with Gasteiger partial charge in [-0.25, -0.2) is 0 Å². The molecule has 5 heteroatoms. The molecule has 0 aliphatic heterocycles. The van der Waals surface area contributed by atoms with E-state index in [4.69, 9.17) is 3.67 Å². The maximum absolute atomic E-state index is 8.19. The van der Waals surface area contributed by atoms with Crippen LogP contribution in [0.15, 0.2) is 0 Å². The monoisotopic (exact) mass is 361 g/mol. The molecular formula is CeFeMoOV. The molecule has 0 heterocycles. The van der Waals surface area contributed by atoms with E-state index >= 15 is 0 Å². The first-order valence-corrected chi connectivity index (χ1v) is 0.753. The van der Waals surface area contributed by atoms with E-state index in [1.807, 2.05) is 0 Å². The Morgan fingerprint density at radius 3 is 1.20 bits per heavy atom. The standard InChI is InChI=1S/Ce.Fe.Mo.O.V. The van der Waals surface area contributed by atoms with Crippen molar-refractivity contribution in [2.45, 2.75) is 0 Å². The fourth-order valence-electron chi connectivity index (χ4n) is 0. The third kappa shape index (κ3) is 19.5. The molecule has 29 valence electrons. The van der Waals surface area contributed by atoms with E-state index in [0.717, 1.165) is 17.4 Å². The van der Waals surface area contributed by atoms with Gasteiger partial charge in [-0.2, -0.15) is 0 Å². The van der Waals surface area contributed by atoms with E-state index in [-0.39, 0.29) is 79.9 Å². The van der Waals surface area contributed by atoms with Gasteiger partial charge in [0, 0.05) is 79.9 Å². The van der Waals surface area contributed by atoms with Crippen molar-refractivity contribution in [1.82, 2.24) is 0 Å². The molecule has 0 spiro atoms. The molecule has 0 fully saturated rings. The Bertz CT molecular complexity index is 11.6. The molecule has 0 radical (unpaired) electrons. The average Bonchev–Trinajstić information content (AvgIpc) is 1.00. The summed E-state index contributed by atoms with van der Waals surface area (Å²) in [5, 5.41) is 0. The van der Waals surface area contributed by atoms with Crippen LogP contribution in [0.1, 0.15) is 0 Å². The molecule has 5 heavy (non-hydrogen) atoms. The quantitative estimate of drug-likeness (QED) is 0.552. The topological polar surface area (TPSA) is 17.1 Å². The molecule has 0 saturated carbocycles. The molecule has 0 rings (SSSR count). The first-order valence-electron chi connectivity index (χ1n) is 0.183. The minimum absolute atomic E-state index is 0. The third-order valence-electron chi connectivity index (χ3n) is 0. The van der Waals surface area contributed by atoms with Crippen molar-refractivity contribution >= 4 is 0 Å². The maximum atomic E-state index is 8.19. The van der Waals surface area contributed by atoms with Crippen molar-refractivity contribution in [3.8, 4) is 0 Å². The Labute approximate surface area is 98.7 Å². The first kappa shape index (κ1) is 24.6. The third-order valence-corrected chi connectivity index (χ3v) is 0. The fourth-order valence-corrected chi connectivity index (χ4v) is 0. The molecule has 0 aromatic carbocycles. The van der Waals surface area contributed by atoms with Crippen LogP contribution in [0.2, 0.25) is 0 Å². The van der Waals surface area contributed by atoms with Crippen molar-refractivity contribution in [3.63, 3.8) is 0 Å².